The topological polar surface area (TPSA) is 38.7 Å². The van der Waals surface area contributed by atoms with Crippen molar-refractivity contribution < 1.29 is 14.4 Å². The van der Waals surface area contributed by atoms with E-state index in [1.807, 2.05) is 18.2 Å². The molecule has 0 aromatic heterocycles. The Hall–Kier alpha value is -0.470. The summed E-state index contributed by atoms with van der Waals surface area (Å²) in [6.45, 7) is 13.5. The molecule has 2 aliphatic rings. The van der Waals surface area contributed by atoms with Crippen molar-refractivity contribution >= 4 is 13.5 Å². The molecule has 0 saturated carbocycles. The summed E-state index contributed by atoms with van der Waals surface area (Å²) in [5, 5.41) is 12.2. The minimum Gasteiger partial charge on any atom is -0.383 e. The predicted molar refractivity (Wildman–Crippen MR) is 109 cm³/mol. The van der Waals surface area contributed by atoms with Gasteiger partial charge in [0.1, 0.15) is 5.85 Å². The van der Waals surface area contributed by atoms with Crippen LogP contribution in [0.2, 0.25) is 0 Å². The first-order chi connectivity index (χ1) is 12.1. The molecule has 2 fully saturated rings. The van der Waals surface area contributed by atoms with Crippen molar-refractivity contribution in [1.82, 2.24) is 0 Å². The zero-order chi connectivity index (χ0) is 19.1. The van der Waals surface area contributed by atoms with Gasteiger partial charge in [0.05, 0.1) is 26.0 Å². The van der Waals surface area contributed by atoms with Crippen LogP contribution < -0.4 is 5.30 Å². The molecular formula is C22H35O3P. The van der Waals surface area contributed by atoms with E-state index < -0.39 is 14.0 Å². The Morgan fingerprint density at radius 1 is 1.23 bits per heavy atom. The normalized spacial score (nSPS) is 35.1. The van der Waals surface area contributed by atoms with Crippen molar-refractivity contribution in [2.24, 2.45) is 17.3 Å². The van der Waals surface area contributed by atoms with Gasteiger partial charge in [-0.1, -0.05) is 64.4 Å². The van der Waals surface area contributed by atoms with Crippen LogP contribution in [0.4, 0.5) is 0 Å². The average Bonchev–Trinajstić information content (AvgIpc) is 2.89. The van der Waals surface area contributed by atoms with Crippen LogP contribution in [0, 0.1) is 17.3 Å². The summed E-state index contributed by atoms with van der Waals surface area (Å²) >= 11 is 0. The van der Waals surface area contributed by atoms with Crippen LogP contribution in [0.5, 0.6) is 0 Å². The van der Waals surface area contributed by atoms with E-state index in [4.69, 9.17) is 9.26 Å². The van der Waals surface area contributed by atoms with Crippen molar-refractivity contribution in [3.63, 3.8) is 0 Å². The third kappa shape index (κ3) is 4.33. The fourth-order valence-electron chi connectivity index (χ4n) is 4.68. The molecule has 6 unspecified atom stereocenters. The maximum Gasteiger partial charge on any atom is 0.128 e. The highest BCUT2D eigenvalue weighted by atomic mass is 31.1. The highest BCUT2D eigenvalue weighted by Gasteiger charge is 2.55. The van der Waals surface area contributed by atoms with Gasteiger partial charge in [-0.25, -0.2) is 0 Å². The third-order valence-corrected chi connectivity index (χ3v) is 7.72. The van der Waals surface area contributed by atoms with Gasteiger partial charge in [0.2, 0.25) is 0 Å². The van der Waals surface area contributed by atoms with Crippen LogP contribution in [0.1, 0.15) is 60.8 Å². The molecule has 3 nitrogen and oxygen atoms in total. The Bertz CT molecular complexity index is 595. The summed E-state index contributed by atoms with van der Waals surface area (Å²) in [5.74, 6) is 0.207. The lowest BCUT2D eigenvalue weighted by atomic mass is 9.75. The van der Waals surface area contributed by atoms with E-state index in [1.165, 1.54) is 0 Å². The molecular weight excluding hydrogens is 343 g/mol. The number of aliphatic hydroxyl groups excluding tert-OH is 1. The fourth-order valence-corrected chi connectivity index (χ4v) is 6.84. The maximum atomic E-state index is 11.1. The molecule has 3 rings (SSSR count). The van der Waals surface area contributed by atoms with E-state index in [2.05, 4.69) is 53.7 Å². The predicted octanol–water partition coefficient (Wildman–Crippen LogP) is 5.07. The number of benzene rings is 1. The second-order valence-electron chi connectivity index (χ2n) is 9.79. The Labute approximate surface area is 160 Å². The van der Waals surface area contributed by atoms with Crippen LogP contribution in [-0.4, -0.2) is 28.8 Å². The first kappa shape index (κ1) is 20.3. The van der Waals surface area contributed by atoms with E-state index in [9.17, 15) is 5.11 Å². The van der Waals surface area contributed by atoms with Crippen LogP contribution >= 0.6 is 8.15 Å². The van der Waals surface area contributed by atoms with Gasteiger partial charge in [-0.2, -0.15) is 0 Å². The standard InChI is InChI=1S/C22H35O3P/c1-7-15(13-21(2,3)4)18-17-14-22(5,6)24-19(17)20(23)26(25-18)16-11-9-8-10-12-16/h8-12,15,17-20,23H,7,13-14H2,1-6H3. The molecule has 1 N–H and O–H groups in total. The Kier molecular flexibility index (Phi) is 5.85. The van der Waals surface area contributed by atoms with E-state index in [-0.39, 0.29) is 29.1 Å². The van der Waals surface area contributed by atoms with Gasteiger partial charge < -0.3 is 14.4 Å². The van der Waals surface area contributed by atoms with E-state index in [0.29, 0.717) is 5.92 Å². The first-order valence-electron chi connectivity index (χ1n) is 9.98. The first-order valence-corrected chi connectivity index (χ1v) is 11.3. The lowest BCUT2D eigenvalue weighted by Crippen LogP contribution is -2.47. The van der Waals surface area contributed by atoms with Crippen molar-refractivity contribution in [3.05, 3.63) is 30.3 Å². The molecule has 2 heterocycles. The van der Waals surface area contributed by atoms with E-state index >= 15 is 0 Å². The van der Waals surface area contributed by atoms with Crippen LogP contribution in [0.3, 0.4) is 0 Å². The summed E-state index contributed by atoms with van der Waals surface area (Å²) in [7, 11) is -1.09. The SMILES string of the molecule is CCC(CC(C)(C)C)C1OP(c2ccccc2)C(O)C2OC(C)(C)CC12. The monoisotopic (exact) mass is 378 g/mol. The second kappa shape index (κ2) is 7.51. The number of hydrogen-bond acceptors (Lipinski definition) is 3. The van der Waals surface area contributed by atoms with Crippen molar-refractivity contribution in [1.29, 1.82) is 0 Å². The van der Waals surface area contributed by atoms with E-state index in [0.717, 1.165) is 24.6 Å². The van der Waals surface area contributed by atoms with Crippen molar-refractivity contribution in [2.45, 2.75) is 84.5 Å². The minimum absolute atomic E-state index is 0.121. The van der Waals surface area contributed by atoms with Gasteiger partial charge in [0.25, 0.3) is 0 Å². The molecule has 0 radical (unpaired) electrons. The number of aliphatic hydroxyl groups is 1. The third-order valence-electron chi connectivity index (χ3n) is 5.67. The van der Waals surface area contributed by atoms with E-state index in [1.54, 1.807) is 0 Å². The largest absolute Gasteiger partial charge is 0.383 e. The van der Waals surface area contributed by atoms with Gasteiger partial charge in [-0.05, 0) is 38.0 Å². The quantitative estimate of drug-likeness (QED) is 0.743. The lowest BCUT2D eigenvalue weighted by molar-refractivity contribution is -0.0862. The fraction of sp³-hybridized carbons (Fsp3) is 0.727. The molecule has 2 aliphatic heterocycles. The van der Waals surface area contributed by atoms with Gasteiger partial charge in [-0.3, -0.25) is 0 Å². The van der Waals surface area contributed by atoms with Crippen LogP contribution in [0.25, 0.3) is 0 Å². The summed E-state index contributed by atoms with van der Waals surface area (Å²) in [5.41, 5.74) is 0.0695. The summed E-state index contributed by atoms with van der Waals surface area (Å²) in [6, 6.07) is 10.2. The molecule has 0 bridgehead atoms. The van der Waals surface area contributed by atoms with Gasteiger partial charge >= 0.3 is 0 Å². The maximum absolute atomic E-state index is 11.1. The smallest absolute Gasteiger partial charge is 0.128 e. The number of hydrogen-bond donors (Lipinski definition) is 1. The molecule has 0 spiro atoms. The molecule has 26 heavy (non-hydrogen) atoms. The molecule has 0 aliphatic carbocycles. The van der Waals surface area contributed by atoms with Gasteiger partial charge in [-0.15, -0.1) is 0 Å². The van der Waals surface area contributed by atoms with Crippen LogP contribution in [0.15, 0.2) is 30.3 Å². The molecule has 0 amide bonds. The van der Waals surface area contributed by atoms with Gasteiger partial charge in [0.15, 0.2) is 0 Å². The van der Waals surface area contributed by atoms with Gasteiger partial charge in [0, 0.05) is 11.2 Å². The highest BCUT2D eigenvalue weighted by Crippen LogP contribution is 2.58. The lowest BCUT2D eigenvalue weighted by Gasteiger charge is -2.45. The van der Waals surface area contributed by atoms with Crippen molar-refractivity contribution in [3.8, 4) is 0 Å². The summed E-state index contributed by atoms with van der Waals surface area (Å²) < 4.78 is 13.1. The zero-order valence-corrected chi connectivity index (χ0v) is 18.0. The van der Waals surface area contributed by atoms with Crippen molar-refractivity contribution in [2.75, 3.05) is 0 Å². The number of fused-ring (bicyclic) bond motifs is 1. The number of rotatable bonds is 4. The molecule has 2 saturated heterocycles. The zero-order valence-electron chi connectivity index (χ0n) is 17.1. The number of ether oxygens (including phenoxy) is 1. The molecule has 1 aromatic carbocycles. The highest BCUT2D eigenvalue weighted by molar-refractivity contribution is 7.61. The Morgan fingerprint density at radius 3 is 2.46 bits per heavy atom. The molecule has 1 aromatic rings. The average molecular weight is 378 g/mol. The molecule has 4 heteroatoms. The Morgan fingerprint density at radius 2 is 1.88 bits per heavy atom. The minimum atomic E-state index is -1.09. The molecule has 6 atom stereocenters. The molecule has 146 valence electrons. The summed E-state index contributed by atoms with van der Waals surface area (Å²) in [4.78, 5) is 0. The van der Waals surface area contributed by atoms with Crippen LogP contribution in [-0.2, 0) is 9.26 Å². The summed E-state index contributed by atoms with van der Waals surface area (Å²) in [6.07, 6.45) is 3.22. The Balaban J connectivity index is 1.93. The second-order valence-corrected chi connectivity index (χ2v) is 11.7.